The zero-order valence-electron chi connectivity index (χ0n) is 14.7. The van der Waals surface area contributed by atoms with Crippen molar-refractivity contribution in [3.63, 3.8) is 0 Å². The third-order valence-electron chi connectivity index (χ3n) is 5.63. The van der Waals surface area contributed by atoms with E-state index in [4.69, 9.17) is 9.47 Å². The highest BCUT2D eigenvalue weighted by Gasteiger charge is 2.66. The summed E-state index contributed by atoms with van der Waals surface area (Å²) < 4.78 is 52.6. The lowest BCUT2D eigenvalue weighted by Crippen LogP contribution is -2.43. The highest BCUT2D eigenvalue weighted by atomic mass is 19.4. The number of hydrogen-bond donors (Lipinski definition) is 0. The van der Waals surface area contributed by atoms with Gasteiger partial charge in [0.15, 0.2) is 0 Å². The van der Waals surface area contributed by atoms with Crippen LogP contribution in [0.4, 0.5) is 13.2 Å². The van der Waals surface area contributed by atoms with Crippen LogP contribution in [-0.2, 0) is 23.8 Å². The number of halogens is 3. The average molecular weight is 376 g/mol. The smallest absolute Gasteiger partial charge is 0.399 e. The third-order valence-corrected chi connectivity index (χ3v) is 5.63. The van der Waals surface area contributed by atoms with Crippen molar-refractivity contribution < 1.29 is 37.0 Å². The quantitative estimate of drug-likeness (QED) is 0.388. The Morgan fingerprint density at radius 1 is 1.19 bits per heavy atom. The molecule has 4 atom stereocenters. The predicted molar refractivity (Wildman–Crippen MR) is 84.0 cm³/mol. The van der Waals surface area contributed by atoms with Gasteiger partial charge in [-0.3, -0.25) is 4.79 Å². The Hall–Kier alpha value is -1.57. The maximum atomic E-state index is 12.1. The summed E-state index contributed by atoms with van der Waals surface area (Å²) in [6.07, 6.45) is -2.19. The summed E-state index contributed by atoms with van der Waals surface area (Å²) in [5.74, 6) is -1.04. The van der Waals surface area contributed by atoms with E-state index >= 15 is 0 Å². The summed E-state index contributed by atoms with van der Waals surface area (Å²) >= 11 is 0. The van der Waals surface area contributed by atoms with Crippen LogP contribution in [0.25, 0.3) is 0 Å². The Morgan fingerprint density at radius 2 is 1.92 bits per heavy atom. The van der Waals surface area contributed by atoms with E-state index in [-0.39, 0.29) is 19.1 Å². The van der Waals surface area contributed by atoms with Gasteiger partial charge in [0.25, 0.3) is 0 Å². The molecule has 4 rings (SSSR count). The molecule has 8 heteroatoms. The van der Waals surface area contributed by atoms with Crippen LogP contribution in [0.15, 0.2) is 12.2 Å². The van der Waals surface area contributed by atoms with Crippen LogP contribution in [0.1, 0.15) is 45.4 Å². The number of carbonyl (C=O) groups is 2. The molecule has 4 saturated carbocycles. The monoisotopic (exact) mass is 376 g/mol. The number of esters is 2. The predicted octanol–water partition coefficient (Wildman–Crippen LogP) is 3.32. The van der Waals surface area contributed by atoms with Crippen molar-refractivity contribution >= 4 is 11.9 Å². The van der Waals surface area contributed by atoms with Crippen molar-refractivity contribution in [3.8, 4) is 0 Å². The molecule has 146 valence electrons. The van der Waals surface area contributed by atoms with E-state index < -0.39 is 35.7 Å². The van der Waals surface area contributed by atoms with Gasteiger partial charge < -0.3 is 14.2 Å². The second kappa shape index (κ2) is 6.55. The summed E-state index contributed by atoms with van der Waals surface area (Å²) in [4.78, 5) is 23.1. The van der Waals surface area contributed by atoms with Crippen molar-refractivity contribution in [2.24, 2.45) is 11.8 Å². The van der Waals surface area contributed by atoms with Gasteiger partial charge in [0.2, 0.25) is 0 Å². The standard InChI is InChI=1S/C18H23F3O5/c1-11(2)15(23)26-16-6-12-5-13(8-16)17(7-12,10-16)25-4-3-24-14(22)9-18(19,20)21/h12-13H,1,3-10H2,2H3. The summed E-state index contributed by atoms with van der Waals surface area (Å²) in [6, 6.07) is 0. The Balaban J connectivity index is 1.52. The van der Waals surface area contributed by atoms with Gasteiger partial charge in [-0.05, 0) is 44.4 Å². The lowest BCUT2D eigenvalue weighted by Gasteiger charge is -2.40. The zero-order valence-corrected chi connectivity index (χ0v) is 14.7. The van der Waals surface area contributed by atoms with Crippen LogP contribution in [0.5, 0.6) is 0 Å². The molecule has 0 aromatic heterocycles. The first-order valence-corrected chi connectivity index (χ1v) is 8.78. The normalized spacial score (nSPS) is 34.8. The molecule has 0 aliphatic heterocycles. The van der Waals surface area contributed by atoms with Gasteiger partial charge in [-0.25, -0.2) is 4.79 Å². The fourth-order valence-corrected chi connectivity index (χ4v) is 4.99. The van der Waals surface area contributed by atoms with Gasteiger partial charge in [-0.15, -0.1) is 0 Å². The second-order valence-electron chi connectivity index (χ2n) is 7.87. The maximum Gasteiger partial charge on any atom is 0.399 e. The summed E-state index contributed by atoms with van der Waals surface area (Å²) in [5, 5.41) is 0. The molecule has 5 nitrogen and oxygen atoms in total. The minimum atomic E-state index is -4.57. The number of carbonyl (C=O) groups excluding carboxylic acids is 2. The van der Waals surface area contributed by atoms with Gasteiger partial charge in [-0.1, -0.05) is 6.58 Å². The fourth-order valence-electron chi connectivity index (χ4n) is 4.99. The van der Waals surface area contributed by atoms with E-state index in [2.05, 4.69) is 11.3 Å². The van der Waals surface area contributed by atoms with Gasteiger partial charge in [0.1, 0.15) is 18.6 Å². The van der Waals surface area contributed by atoms with E-state index in [1.165, 1.54) is 0 Å². The molecule has 4 aliphatic rings. The molecule has 0 spiro atoms. The van der Waals surface area contributed by atoms with Crippen molar-refractivity contribution in [1.82, 2.24) is 0 Å². The first-order chi connectivity index (χ1) is 12.0. The molecule has 0 amide bonds. The lowest BCUT2D eigenvalue weighted by atomic mass is 9.77. The Kier molecular flexibility index (Phi) is 4.83. The Labute approximate surface area is 149 Å². The van der Waals surface area contributed by atoms with E-state index in [1.54, 1.807) is 6.92 Å². The Bertz CT molecular complexity index is 616. The molecule has 0 radical (unpaired) electrons. The first kappa shape index (κ1) is 19.2. The minimum absolute atomic E-state index is 0.0390. The van der Waals surface area contributed by atoms with Gasteiger partial charge >= 0.3 is 18.1 Å². The minimum Gasteiger partial charge on any atom is -0.463 e. The van der Waals surface area contributed by atoms with Gasteiger partial charge in [0, 0.05) is 12.0 Å². The van der Waals surface area contributed by atoms with Crippen molar-refractivity contribution in [1.29, 1.82) is 0 Å². The molecule has 0 aromatic rings. The molecule has 0 N–H and O–H groups in total. The van der Waals surface area contributed by atoms with Crippen molar-refractivity contribution in [3.05, 3.63) is 12.2 Å². The molecular weight excluding hydrogens is 353 g/mol. The highest BCUT2D eigenvalue weighted by molar-refractivity contribution is 5.87. The van der Waals surface area contributed by atoms with Crippen LogP contribution in [0, 0.1) is 11.8 Å². The highest BCUT2D eigenvalue weighted by Crippen LogP contribution is 2.64. The van der Waals surface area contributed by atoms with Crippen molar-refractivity contribution in [2.75, 3.05) is 13.2 Å². The molecule has 4 bridgehead atoms. The van der Waals surface area contributed by atoms with Crippen LogP contribution in [0.2, 0.25) is 0 Å². The largest absolute Gasteiger partial charge is 0.463 e. The van der Waals surface area contributed by atoms with E-state index in [9.17, 15) is 22.8 Å². The van der Waals surface area contributed by atoms with Crippen molar-refractivity contribution in [2.45, 2.75) is 62.8 Å². The topological polar surface area (TPSA) is 61.8 Å². The van der Waals surface area contributed by atoms with Crippen LogP contribution < -0.4 is 0 Å². The zero-order chi connectivity index (χ0) is 19.2. The van der Waals surface area contributed by atoms with E-state index in [0.29, 0.717) is 17.9 Å². The third kappa shape index (κ3) is 3.89. The lowest BCUT2D eigenvalue weighted by molar-refractivity contribution is -0.176. The molecule has 0 heterocycles. The molecule has 26 heavy (non-hydrogen) atoms. The number of rotatable bonds is 7. The number of ether oxygens (including phenoxy) is 3. The summed E-state index contributed by atoms with van der Waals surface area (Å²) in [6.45, 7) is 5.05. The average Bonchev–Trinajstić information content (AvgIpc) is 2.84. The summed E-state index contributed by atoms with van der Waals surface area (Å²) in [5.41, 5.74) is -0.614. The van der Waals surface area contributed by atoms with Crippen LogP contribution in [0.3, 0.4) is 0 Å². The summed E-state index contributed by atoms with van der Waals surface area (Å²) in [7, 11) is 0. The molecular formula is C18H23F3O5. The molecule has 0 aromatic carbocycles. The van der Waals surface area contributed by atoms with Crippen LogP contribution in [-0.4, -0.2) is 42.5 Å². The molecule has 4 fully saturated rings. The van der Waals surface area contributed by atoms with Gasteiger partial charge in [0.05, 0.1) is 12.2 Å². The Morgan fingerprint density at radius 3 is 2.58 bits per heavy atom. The maximum absolute atomic E-state index is 12.1. The molecule has 0 saturated heterocycles. The SMILES string of the molecule is C=C(C)C(=O)OC12CC3CC(C1)C(OCCOC(=O)CC(F)(F)F)(C3)C2. The van der Waals surface area contributed by atoms with Gasteiger partial charge in [-0.2, -0.15) is 13.2 Å². The second-order valence-corrected chi connectivity index (χ2v) is 7.87. The van der Waals surface area contributed by atoms with Crippen LogP contribution >= 0.6 is 0 Å². The molecule has 4 aliphatic carbocycles. The number of alkyl halides is 3. The first-order valence-electron chi connectivity index (χ1n) is 8.78. The number of hydrogen-bond acceptors (Lipinski definition) is 5. The fraction of sp³-hybridized carbons (Fsp3) is 0.778. The van der Waals surface area contributed by atoms with E-state index in [1.807, 2.05) is 0 Å². The van der Waals surface area contributed by atoms with E-state index in [0.717, 1.165) is 25.7 Å². The molecule has 4 unspecified atom stereocenters.